The van der Waals surface area contributed by atoms with Gasteiger partial charge in [-0.05, 0) is 17.5 Å². The third-order valence-electron chi connectivity index (χ3n) is 2.42. The number of rotatable bonds is 6. The van der Waals surface area contributed by atoms with Gasteiger partial charge in [-0.25, -0.2) is 4.79 Å². The first-order valence-corrected chi connectivity index (χ1v) is 8.22. The molecule has 6 nitrogen and oxygen atoms in total. The number of hydrogen-bond acceptors (Lipinski definition) is 5. The van der Waals surface area contributed by atoms with Gasteiger partial charge in [0.25, 0.3) is 0 Å². The molecule has 0 heterocycles. The number of amides is 1. The average molecular weight is 336 g/mol. The molecular formula is C13H18ClNO5S. The topological polar surface area (TPSA) is 81.7 Å². The van der Waals surface area contributed by atoms with E-state index in [1.165, 1.54) is 19.2 Å². The lowest BCUT2D eigenvalue weighted by molar-refractivity contribution is 0.187. The molecule has 0 aromatic heterocycles. The molecule has 0 saturated carbocycles. The molecule has 0 bridgehead atoms. The molecule has 1 rings (SSSR count). The Bertz CT molecular complexity index is 600. The van der Waals surface area contributed by atoms with Gasteiger partial charge in [0.1, 0.15) is 5.75 Å². The lowest BCUT2D eigenvalue weighted by Crippen LogP contribution is -2.28. The van der Waals surface area contributed by atoms with E-state index in [9.17, 15) is 13.2 Å². The van der Waals surface area contributed by atoms with Crippen LogP contribution < -0.4 is 9.50 Å². The first-order valence-electron chi connectivity index (χ1n) is 6.11. The molecular weight excluding hydrogens is 318 g/mol. The van der Waals surface area contributed by atoms with Gasteiger partial charge < -0.3 is 8.92 Å². The minimum Gasteiger partial charge on any atom is -0.453 e. The molecule has 0 spiro atoms. The second-order valence-corrected chi connectivity index (χ2v) is 7.07. The van der Waals surface area contributed by atoms with Gasteiger partial charge >= 0.3 is 16.2 Å². The second-order valence-electron chi connectivity index (χ2n) is 5.23. The Morgan fingerprint density at radius 1 is 1.38 bits per heavy atom. The van der Waals surface area contributed by atoms with Crippen molar-refractivity contribution in [2.45, 2.75) is 13.8 Å². The summed E-state index contributed by atoms with van der Waals surface area (Å²) in [7, 11) is -2.55. The SMILES string of the molecule is COC(=O)Nc1cccc(OS(=O)(=O)CC(C)(C)CCl)c1. The fourth-order valence-electron chi connectivity index (χ4n) is 1.49. The lowest BCUT2D eigenvalue weighted by Gasteiger charge is -2.20. The summed E-state index contributed by atoms with van der Waals surface area (Å²) >= 11 is 5.72. The molecule has 0 aliphatic rings. The molecule has 0 radical (unpaired) electrons. The molecule has 1 N–H and O–H groups in total. The smallest absolute Gasteiger partial charge is 0.411 e. The zero-order valence-corrected chi connectivity index (χ0v) is 13.6. The first kappa shape index (κ1) is 17.6. The van der Waals surface area contributed by atoms with Gasteiger partial charge in [-0.3, -0.25) is 5.32 Å². The van der Waals surface area contributed by atoms with Crippen molar-refractivity contribution in [2.75, 3.05) is 24.1 Å². The third kappa shape index (κ3) is 6.22. The van der Waals surface area contributed by atoms with E-state index in [1.807, 2.05) is 0 Å². The van der Waals surface area contributed by atoms with E-state index < -0.39 is 21.6 Å². The van der Waals surface area contributed by atoms with Crippen LogP contribution in [0.3, 0.4) is 0 Å². The molecule has 21 heavy (non-hydrogen) atoms. The Kier molecular flexibility index (Phi) is 5.86. The van der Waals surface area contributed by atoms with Crippen molar-refractivity contribution in [3.8, 4) is 5.75 Å². The number of benzene rings is 1. The Morgan fingerprint density at radius 2 is 2.05 bits per heavy atom. The van der Waals surface area contributed by atoms with Gasteiger partial charge in [0, 0.05) is 17.6 Å². The van der Waals surface area contributed by atoms with Crippen LogP contribution in [0.25, 0.3) is 0 Å². The standard InChI is InChI=1S/C13H18ClNO5S/c1-13(2,8-14)9-21(17,18)20-11-6-4-5-10(7-11)15-12(16)19-3/h4-7H,8-9H2,1-3H3,(H,15,16). The Labute approximate surface area is 129 Å². The van der Waals surface area contributed by atoms with Crippen LogP contribution in [-0.4, -0.2) is 33.3 Å². The van der Waals surface area contributed by atoms with E-state index in [2.05, 4.69) is 10.1 Å². The summed E-state index contributed by atoms with van der Waals surface area (Å²) in [5.41, 5.74) is -0.228. The molecule has 0 saturated heterocycles. The fraction of sp³-hybridized carbons (Fsp3) is 0.462. The van der Waals surface area contributed by atoms with Gasteiger partial charge in [0.05, 0.1) is 12.9 Å². The summed E-state index contributed by atoms with van der Waals surface area (Å²) < 4.78 is 33.4. The van der Waals surface area contributed by atoms with Crippen molar-refractivity contribution in [3.05, 3.63) is 24.3 Å². The van der Waals surface area contributed by atoms with Crippen LogP contribution >= 0.6 is 11.6 Å². The van der Waals surface area contributed by atoms with Crippen LogP contribution in [0, 0.1) is 5.41 Å². The van der Waals surface area contributed by atoms with Gasteiger partial charge in [0.15, 0.2) is 0 Å². The monoisotopic (exact) mass is 335 g/mol. The summed E-state index contributed by atoms with van der Waals surface area (Å²) in [6, 6.07) is 6.01. The van der Waals surface area contributed by atoms with Crippen molar-refractivity contribution < 1.29 is 22.1 Å². The van der Waals surface area contributed by atoms with Crippen molar-refractivity contribution in [1.82, 2.24) is 0 Å². The quantitative estimate of drug-likeness (QED) is 0.638. The number of carbonyl (C=O) groups is 1. The summed E-state index contributed by atoms with van der Waals surface area (Å²) in [5, 5.41) is 2.42. The zero-order valence-electron chi connectivity index (χ0n) is 12.1. The number of carbonyl (C=O) groups excluding carboxylic acids is 1. The highest BCUT2D eigenvalue weighted by Crippen LogP contribution is 2.24. The Hall–Kier alpha value is -1.47. The van der Waals surface area contributed by atoms with Crippen LogP contribution in [0.15, 0.2) is 24.3 Å². The van der Waals surface area contributed by atoms with Crippen LogP contribution in [0.4, 0.5) is 10.5 Å². The van der Waals surface area contributed by atoms with E-state index in [4.69, 9.17) is 15.8 Å². The normalized spacial score (nSPS) is 11.8. The van der Waals surface area contributed by atoms with E-state index in [0.717, 1.165) is 0 Å². The molecule has 0 unspecified atom stereocenters. The fourth-order valence-corrected chi connectivity index (χ4v) is 3.21. The maximum atomic E-state index is 12.0. The van der Waals surface area contributed by atoms with Gasteiger partial charge in [0.2, 0.25) is 0 Å². The molecule has 1 aromatic carbocycles. The van der Waals surface area contributed by atoms with Crippen molar-refractivity contribution in [2.24, 2.45) is 5.41 Å². The highest BCUT2D eigenvalue weighted by atomic mass is 35.5. The Morgan fingerprint density at radius 3 is 2.62 bits per heavy atom. The Balaban J connectivity index is 2.83. The molecule has 8 heteroatoms. The molecule has 0 aliphatic heterocycles. The summed E-state index contributed by atoms with van der Waals surface area (Å²) in [4.78, 5) is 11.1. The van der Waals surface area contributed by atoms with Crippen molar-refractivity contribution >= 4 is 33.5 Å². The van der Waals surface area contributed by atoms with Crippen LogP contribution in [-0.2, 0) is 14.9 Å². The summed E-state index contributed by atoms with van der Waals surface area (Å²) in [6.45, 7) is 3.46. The maximum Gasteiger partial charge on any atom is 0.411 e. The number of nitrogens with one attached hydrogen (secondary N) is 1. The minimum absolute atomic E-state index is 0.106. The van der Waals surface area contributed by atoms with E-state index in [0.29, 0.717) is 5.69 Å². The predicted octanol–water partition coefficient (Wildman–Crippen LogP) is 2.84. The van der Waals surface area contributed by atoms with E-state index >= 15 is 0 Å². The van der Waals surface area contributed by atoms with Crippen molar-refractivity contribution in [3.63, 3.8) is 0 Å². The molecule has 1 amide bonds. The number of hydrogen-bond donors (Lipinski definition) is 1. The second kappa shape index (κ2) is 7.00. The van der Waals surface area contributed by atoms with Gasteiger partial charge in [-0.2, -0.15) is 8.42 Å². The zero-order chi connectivity index (χ0) is 16.1. The number of ether oxygens (including phenoxy) is 1. The maximum absolute atomic E-state index is 12.0. The largest absolute Gasteiger partial charge is 0.453 e. The highest BCUT2D eigenvalue weighted by Gasteiger charge is 2.27. The van der Waals surface area contributed by atoms with Gasteiger partial charge in [-0.15, -0.1) is 11.6 Å². The third-order valence-corrected chi connectivity index (χ3v) is 4.72. The predicted molar refractivity (Wildman–Crippen MR) is 81.4 cm³/mol. The lowest BCUT2D eigenvalue weighted by atomic mass is 10.0. The summed E-state index contributed by atoms with van der Waals surface area (Å²) in [6.07, 6.45) is -0.654. The molecule has 0 atom stereocenters. The number of alkyl halides is 1. The minimum atomic E-state index is -3.78. The molecule has 1 aromatic rings. The highest BCUT2D eigenvalue weighted by molar-refractivity contribution is 7.87. The number of halogens is 1. The van der Waals surface area contributed by atoms with Crippen LogP contribution in [0.2, 0.25) is 0 Å². The van der Waals surface area contributed by atoms with Crippen LogP contribution in [0.5, 0.6) is 5.75 Å². The first-order chi connectivity index (χ1) is 9.67. The van der Waals surface area contributed by atoms with Crippen LogP contribution in [0.1, 0.15) is 13.8 Å². The van der Waals surface area contributed by atoms with Gasteiger partial charge in [-0.1, -0.05) is 19.9 Å². The van der Waals surface area contributed by atoms with E-state index in [1.54, 1.807) is 26.0 Å². The summed E-state index contributed by atoms with van der Waals surface area (Å²) in [5.74, 6) is 0.0896. The van der Waals surface area contributed by atoms with E-state index in [-0.39, 0.29) is 17.4 Å². The molecule has 0 fully saturated rings. The molecule has 0 aliphatic carbocycles. The average Bonchev–Trinajstić information content (AvgIpc) is 2.37. The van der Waals surface area contributed by atoms with Crippen molar-refractivity contribution in [1.29, 1.82) is 0 Å². The number of anilines is 1. The number of methoxy groups -OCH3 is 1. The molecule has 118 valence electrons.